The van der Waals surface area contributed by atoms with Gasteiger partial charge in [0.2, 0.25) is 0 Å². The third-order valence-corrected chi connectivity index (χ3v) is 3.92. The number of benzene rings is 2. The minimum Gasteiger partial charge on any atom is -0.459 e. The second-order valence-electron chi connectivity index (χ2n) is 6.76. The van der Waals surface area contributed by atoms with Crippen LogP contribution >= 0.6 is 0 Å². The molecule has 9 heteroatoms. The van der Waals surface area contributed by atoms with Crippen molar-refractivity contribution >= 4 is 28.7 Å². The number of rotatable bonds is 7. The molecule has 0 aliphatic carbocycles. The van der Waals surface area contributed by atoms with E-state index >= 15 is 0 Å². The van der Waals surface area contributed by atoms with Gasteiger partial charge in [0.15, 0.2) is 5.69 Å². The zero-order valence-electron chi connectivity index (χ0n) is 16.0. The zero-order chi connectivity index (χ0) is 21.0. The van der Waals surface area contributed by atoms with E-state index in [0.717, 1.165) is 17.7 Å². The molecule has 28 heavy (non-hydrogen) atoms. The normalized spacial score (nSPS) is 10.8. The highest BCUT2D eigenvalue weighted by Gasteiger charge is 2.29. The summed E-state index contributed by atoms with van der Waals surface area (Å²) < 4.78 is 4.99. The van der Waals surface area contributed by atoms with Gasteiger partial charge in [-0.3, -0.25) is 20.2 Å². The molecule has 0 bridgehead atoms. The molecule has 0 heterocycles. The van der Waals surface area contributed by atoms with Crippen LogP contribution in [0.1, 0.15) is 49.5 Å². The number of nitrogens with zero attached hydrogens (tertiary/aromatic N) is 2. The van der Waals surface area contributed by atoms with Crippen molar-refractivity contribution in [2.24, 2.45) is 0 Å². The van der Waals surface area contributed by atoms with Gasteiger partial charge in [-0.15, -0.1) is 0 Å². The number of carbonyl (C=O) groups is 1. The van der Waals surface area contributed by atoms with E-state index in [1.54, 1.807) is 26.0 Å². The summed E-state index contributed by atoms with van der Waals surface area (Å²) in [6.45, 7) is 7.26. The maximum Gasteiger partial charge on any atom is 0.338 e. The van der Waals surface area contributed by atoms with Gasteiger partial charge in [-0.25, -0.2) is 4.79 Å². The molecule has 0 unspecified atom stereocenters. The first-order chi connectivity index (χ1) is 13.1. The second-order valence-corrected chi connectivity index (χ2v) is 6.76. The Kier molecular flexibility index (Phi) is 6.29. The van der Waals surface area contributed by atoms with E-state index in [2.05, 4.69) is 5.32 Å². The zero-order valence-corrected chi connectivity index (χ0v) is 16.0. The number of hydrogen-bond donors (Lipinski definition) is 1. The number of esters is 1. The molecular weight excluding hydrogens is 366 g/mol. The summed E-state index contributed by atoms with van der Waals surface area (Å²) in [4.78, 5) is 33.6. The van der Waals surface area contributed by atoms with Crippen LogP contribution in [0.25, 0.3) is 0 Å². The SMILES string of the molecule is CC(C)OC(=O)c1cc([N+](=O)[O-])c(Nc2ccc(C(C)C)cc2)c([N+](=O)[O-])c1. The van der Waals surface area contributed by atoms with Crippen LogP contribution in [-0.2, 0) is 4.74 Å². The van der Waals surface area contributed by atoms with Crippen LogP contribution in [0.4, 0.5) is 22.7 Å². The average molecular weight is 387 g/mol. The molecule has 0 fully saturated rings. The quantitative estimate of drug-likeness (QED) is 0.405. The molecule has 2 aromatic rings. The number of nitro groups is 2. The van der Waals surface area contributed by atoms with Gasteiger partial charge < -0.3 is 10.1 Å². The van der Waals surface area contributed by atoms with Crippen molar-refractivity contribution in [3.05, 3.63) is 67.8 Å². The van der Waals surface area contributed by atoms with Gasteiger partial charge in [0.25, 0.3) is 0 Å². The minimum absolute atomic E-state index is 0.257. The molecule has 148 valence electrons. The first-order valence-corrected chi connectivity index (χ1v) is 8.65. The summed E-state index contributed by atoms with van der Waals surface area (Å²) in [5.41, 5.74) is -0.216. The Morgan fingerprint density at radius 2 is 1.46 bits per heavy atom. The monoisotopic (exact) mass is 387 g/mol. The highest BCUT2D eigenvalue weighted by molar-refractivity contribution is 5.94. The summed E-state index contributed by atoms with van der Waals surface area (Å²) >= 11 is 0. The Bertz CT molecular complexity index is 871. The standard InChI is InChI=1S/C19H21N3O6/c1-11(2)13-5-7-15(8-6-13)20-18-16(21(24)25)9-14(10-17(18)22(26)27)19(23)28-12(3)4/h5-12,20H,1-4H3. The van der Waals surface area contributed by atoms with E-state index in [1.807, 2.05) is 26.0 Å². The lowest BCUT2D eigenvalue weighted by atomic mass is 10.0. The molecule has 2 aromatic carbocycles. The predicted octanol–water partition coefficient (Wildman–Crippen LogP) is 4.94. The molecule has 0 aliphatic rings. The lowest BCUT2D eigenvalue weighted by Crippen LogP contribution is -2.13. The number of nitro benzene ring substituents is 2. The van der Waals surface area contributed by atoms with Crippen LogP contribution in [-0.4, -0.2) is 21.9 Å². The fourth-order valence-electron chi connectivity index (χ4n) is 2.52. The van der Waals surface area contributed by atoms with Crippen LogP contribution in [0, 0.1) is 20.2 Å². The lowest BCUT2D eigenvalue weighted by molar-refractivity contribution is -0.392. The molecule has 1 N–H and O–H groups in total. The molecule has 9 nitrogen and oxygen atoms in total. The third-order valence-electron chi connectivity index (χ3n) is 3.92. The fraction of sp³-hybridized carbons (Fsp3) is 0.316. The van der Waals surface area contributed by atoms with Crippen molar-refractivity contribution in [3.8, 4) is 0 Å². The number of ether oxygens (including phenoxy) is 1. The Hall–Kier alpha value is -3.49. The average Bonchev–Trinajstić information content (AvgIpc) is 2.61. The fourth-order valence-corrected chi connectivity index (χ4v) is 2.52. The Morgan fingerprint density at radius 1 is 0.964 bits per heavy atom. The van der Waals surface area contributed by atoms with E-state index in [4.69, 9.17) is 4.74 Å². The molecule has 2 rings (SSSR count). The van der Waals surface area contributed by atoms with Gasteiger partial charge in [0.05, 0.1) is 21.5 Å². The van der Waals surface area contributed by atoms with Gasteiger partial charge in [-0.2, -0.15) is 0 Å². The molecule has 0 aromatic heterocycles. The summed E-state index contributed by atoms with van der Waals surface area (Å²) in [7, 11) is 0. The summed E-state index contributed by atoms with van der Waals surface area (Å²) in [6.07, 6.45) is -0.470. The van der Waals surface area contributed by atoms with Crippen LogP contribution in [0.3, 0.4) is 0 Å². The maximum atomic E-state index is 12.1. The van der Waals surface area contributed by atoms with E-state index in [-0.39, 0.29) is 11.3 Å². The van der Waals surface area contributed by atoms with Crippen LogP contribution in [0.2, 0.25) is 0 Å². The van der Waals surface area contributed by atoms with Crippen molar-refractivity contribution in [1.82, 2.24) is 0 Å². The molecular formula is C19H21N3O6. The van der Waals surface area contributed by atoms with Crippen molar-refractivity contribution < 1.29 is 19.4 Å². The van der Waals surface area contributed by atoms with Crippen molar-refractivity contribution in [1.29, 1.82) is 0 Å². The van der Waals surface area contributed by atoms with Gasteiger partial charge in [-0.1, -0.05) is 26.0 Å². The molecule has 0 saturated carbocycles. The number of anilines is 2. The topological polar surface area (TPSA) is 125 Å². The Balaban J connectivity index is 2.53. The highest BCUT2D eigenvalue weighted by atomic mass is 16.6. The first-order valence-electron chi connectivity index (χ1n) is 8.65. The highest BCUT2D eigenvalue weighted by Crippen LogP contribution is 2.38. The second kappa shape index (κ2) is 8.47. The maximum absolute atomic E-state index is 12.1. The van der Waals surface area contributed by atoms with Gasteiger partial charge in [0.1, 0.15) is 0 Å². The summed E-state index contributed by atoms with van der Waals surface area (Å²) in [5, 5.41) is 25.8. The van der Waals surface area contributed by atoms with Crippen LogP contribution < -0.4 is 5.32 Å². The molecule has 0 amide bonds. The lowest BCUT2D eigenvalue weighted by Gasteiger charge is -2.12. The first kappa shape index (κ1) is 20.8. The minimum atomic E-state index is -0.867. The Morgan fingerprint density at radius 3 is 1.86 bits per heavy atom. The van der Waals surface area contributed by atoms with Crippen LogP contribution in [0.5, 0.6) is 0 Å². The summed E-state index contributed by atoms with van der Waals surface area (Å²) in [5.74, 6) is -0.571. The molecule has 0 atom stereocenters. The van der Waals surface area contributed by atoms with E-state index < -0.39 is 33.3 Å². The Labute approximate surface area is 161 Å². The van der Waals surface area contributed by atoms with Gasteiger partial charge in [0, 0.05) is 17.8 Å². The molecule has 0 saturated heterocycles. The van der Waals surface area contributed by atoms with Crippen LogP contribution in [0.15, 0.2) is 36.4 Å². The smallest absolute Gasteiger partial charge is 0.338 e. The largest absolute Gasteiger partial charge is 0.459 e. The predicted molar refractivity (Wildman–Crippen MR) is 104 cm³/mol. The number of nitrogens with one attached hydrogen (secondary N) is 1. The van der Waals surface area contributed by atoms with E-state index in [9.17, 15) is 25.0 Å². The van der Waals surface area contributed by atoms with Gasteiger partial charge >= 0.3 is 17.3 Å². The van der Waals surface area contributed by atoms with Crippen molar-refractivity contribution in [2.75, 3.05) is 5.32 Å². The summed E-state index contributed by atoms with van der Waals surface area (Å²) in [6, 6.07) is 8.98. The van der Waals surface area contributed by atoms with Crippen molar-refractivity contribution in [3.63, 3.8) is 0 Å². The van der Waals surface area contributed by atoms with E-state index in [1.165, 1.54) is 0 Å². The van der Waals surface area contributed by atoms with E-state index in [0.29, 0.717) is 11.6 Å². The molecule has 0 aliphatic heterocycles. The van der Waals surface area contributed by atoms with Crippen molar-refractivity contribution in [2.45, 2.75) is 39.7 Å². The van der Waals surface area contributed by atoms with Gasteiger partial charge in [-0.05, 0) is 37.5 Å². The third kappa shape index (κ3) is 4.81. The number of hydrogen-bond acceptors (Lipinski definition) is 7. The molecule has 0 spiro atoms. The number of carbonyl (C=O) groups excluding carboxylic acids is 1. The molecule has 0 radical (unpaired) electrons.